The lowest BCUT2D eigenvalue weighted by Crippen LogP contribution is -2.09. The van der Waals surface area contributed by atoms with Gasteiger partial charge in [-0.15, -0.1) is 0 Å². The van der Waals surface area contributed by atoms with Gasteiger partial charge in [-0.05, 0) is 37.5 Å². The van der Waals surface area contributed by atoms with E-state index in [1.54, 1.807) is 0 Å². The Morgan fingerprint density at radius 1 is 1.21 bits per heavy atom. The van der Waals surface area contributed by atoms with E-state index >= 15 is 0 Å². The number of benzene rings is 1. The molecular weight excluding hydrogens is 368 g/mol. The van der Waals surface area contributed by atoms with Gasteiger partial charge in [0.25, 0.3) is 0 Å². The molecule has 1 rings (SSSR count). The van der Waals surface area contributed by atoms with Gasteiger partial charge in [-0.1, -0.05) is 65.0 Å². The molecule has 108 valence electrons. The molecule has 1 aromatic carbocycles. The summed E-state index contributed by atoms with van der Waals surface area (Å²) in [5, 5.41) is 0. The quantitative estimate of drug-likeness (QED) is 0.459. The Balaban J connectivity index is 2.94. The van der Waals surface area contributed by atoms with Gasteiger partial charge in [-0.25, -0.2) is 0 Å². The predicted octanol–water partition coefficient (Wildman–Crippen LogP) is 6.50. The third-order valence-corrected chi connectivity index (χ3v) is 5.17. The standard InChI is InChI=1S/C16H24Br2O/c1-4-7-8-12(5-2)16(18)14-11-13(17)9-10-15(14)19-6-3/h9-12,16H,4-8H2,1-3H3. The zero-order valence-corrected chi connectivity index (χ0v) is 15.3. The Labute approximate surface area is 134 Å². The molecule has 1 nitrogen and oxygen atoms in total. The average Bonchev–Trinajstić information content (AvgIpc) is 2.41. The molecule has 0 saturated carbocycles. The van der Waals surface area contributed by atoms with Crippen LogP contribution in [0.15, 0.2) is 22.7 Å². The summed E-state index contributed by atoms with van der Waals surface area (Å²) in [5.74, 6) is 1.66. The number of hydrogen-bond acceptors (Lipinski definition) is 1. The molecule has 0 fully saturated rings. The molecule has 0 heterocycles. The maximum Gasteiger partial charge on any atom is 0.123 e. The van der Waals surface area contributed by atoms with Gasteiger partial charge >= 0.3 is 0 Å². The summed E-state index contributed by atoms with van der Waals surface area (Å²) >= 11 is 7.46. The van der Waals surface area contributed by atoms with Crippen LogP contribution in [0.2, 0.25) is 0 Å². The SMILES string of the molecule is CCCCC(CC)C(Br)c1cc(Br)ccc1OCC. The van der Waals surface area contributed by atoms with Crippen LogP contribution in [0, 0.1) is 5.92 Å². The van der Waals surface area contributed by atoms with E-state index in [1.165, 1.54) is 31.2 Å². The van der Waals surface area contributed by atoms with Gasteiger partial charge in [0.05, 0.1) is 6.61 Å². The normalized spacial score (nSPS) is 14.2. The van der Waals surface area contributed by atoms with E-state index < -0.39 is 0 Å². The summed E-state index contributed by atoms with van der Waals surface area (Å²) < 4.78 is 6.87. The minimum Gasteiger partial charge on any atom is -0.494 e. The summed E-state index contributed by atoms with van der Waals surface area (Å²) in [6.45, 7) is 7.26. The first-order valence-electron chi connectivity index (χ1n) is 7.20. The van der Waals surface area contributed by atoms with E-state index in [1.807, 2.05) is 13.0 Å². The average molecular weight is 392 g/mol. The molecule has 0 bridgehead atoms. The van der Waals surface area contributed by atoms with Crippen molar-refractivity contribution in [3.05, 3.63) is 28.2 Å². The molecule has 0 N–H and O–H groups in total. The van der Waals surface area contributed by atoms with Crippen molar-refractivity contribution < 1.29 is 4.74 Å². The molecule has 1 aromatic rings. The lowest BCUT2D eigenvalue weighted by Gasteiger charge is -2.23. The number of unbranched alkanes of at least 4 members (excludes halogenated alkanes) is 1. The minimum atomic E-state index is 0.364. The Hall–Kier alpha value is -0.0200. The Kier molecular flexibility index (Phi) is 8.08. The van der Waals surface area contributed by atoms with E-state index in [2.05, 4.69) is 57.8 Å². The van der Waals surface area contributed by atoms with Crippen LogP contribution in [0.3, 0.4) is 0 Å². The predicted molar refractivity (Wildman–Crippen MR) is 90.3 cm³/mol. The van der Waals surface area contributed by atoms with Crippen molar-refractivity contribution in [3.63, 3.8) is 0 Å². The van der Waals surface area contributed by atoms with E-state index in [0.29, 0.717) is 17.4 Å². The van der Waals surface area contributed by atoms with Crippen LogP contribution in [0.4, 0.5) is 0 Å². The Bertz CT molecular complexity index is 379. The zero-order chi connectivity index (χ0) is 14.3. The molecule has 0 amide bonds. The fraction of sp³-hybridized carbons (Fsp3) is 0.625. The highest BCUT2D eigenvalue weighted by molar-refractivity contribution is 9.10. The fourth-order valence-corrected chi connectivity index (χ4v) is 3.67. The minimum absolute atomic E-state index is 0.364. The largest absolute Gasteiger partial charge is 0.494 e. The van der Waals surface area contributed by atoms with Crippen molar-refractivity contribution in [2.75, 3.05) is 6.61 Å². The molecule has 19 heavy (non-hydrogen) atoms. The van der Waals surface area contributed by atoms with E-state index in [-0.39, 0.29) is 0 Å². The molecule has 0 aliphatic heterocycles. The smallest absolute Gasteiger partial charge is 0.123 e. The van der Waals surface area contributed by atoms with Crippen molar-refractivity contribution in [2.24, 2.45) is 5.92 Å². The molecular formula is C16H24Br2O. The van der Waals surface area contributed by atoms with Crippen LogP contribution in [0.5, 0.6) is 5.75 Å². The van der Waals surface area contributed by atoms with Crippen molar-refractivity contribution in [1.29, 1.82) is 0 Å². The van der Waals surface area contributed by atoms with Gasteiger partial charge in [-0.3, -0.25) is 0 Å². The van der Waals surface area contributed by atoms with Gasteiger partial charge in [0.15, 0.2) is 0 Å². The Morgan fingerprint density at radius 2 is 1.95 bits per heavy atom. The molecule has 0 saturated heterocycles. The van der Waals surface area contributed by atoms with Crippen molar-refractivity contribution in [1.82, 2.24) is 0 Å². The van der Waals surface area contributed by atoms with Gasteiger partial charge < -0.3 is 4.74 Å². The van der Waals surface area contributed by atoms with Crippen LogP contribution in [-0.4, -0.2) is 6.61 Å². The molecule has 0 radical (unpaired) electrons. The number of hydrogen-bond donors (Lipinski definition) is 0. The molecule has 0 spiro atoms. The van der Waals surface area contributed by atoms with E-state index in [4.69, 9.17) is 4.74 Å². The molecule has 0 aromatic heterocycles. The molecule has 0 aliphatic carbocycles. The molecule has 2 atom stereocenters. The second-order valence-electron chi connectivity index (χ2n) is 4.83. The highest BCUT2D eigenvalue weighted by Gasteiger charge is 2.22. The van der Waals surface area contributed by atoms with Crippen LogP contribution in [0.25, 0.3) is 0 Å². The zero-order valence-electron chi connectivity index (χ0n) is 12.1. The number of ether oxygens (including phenoxy) is 1. The first-order chi connectivity index (χ1) is 9.13. The van der Waals surface area contributed by atoms with Gasteiger partial charge in [0, 0.05) is 14.9 Å². The van der Waals surface area contributed by atoms with E-state index in [0.717, 1.165) is 10.2 Å². The first kappa shape index (κ1) is 17.0. The number of alkyl halides is 1. The topological polar surface area (TPSA) is 9.23 Å². The summed E-state index contributed by atoms with van der Waals surface area (Å²) in [4.78, 5) is 0.364. The number of rotatable bonds is 8. The second-order valence-corrected chi connectivity index (χ2v) is 6.73. The van der Waals surface area contributed by atoms with Crippen molar-refractivity contribution in [2.45, 2.75) is 51.3 Å². The van der Waals surface area contributed by atoms with Gasteiger partial charge in [-0.2, -0.15) is 0 Å². The van der Waals surface area contributed by atoms with E-state index in [9.17, 15) is 0 Å². The van der Waals surface area contributed by atoms with Crippen LogP contribution in [0.1, 0.15) is 56.8 Å². The van der Waals surface area contributed by atoms with Crippen molar-refractivity contribution in [3.8, 4) is 5.75 Å². The maximum absolute atomic E-state index is 5.76. The maximum atomic E-state index is 5.76. The van der Waals surface area contributed by atoms with Gasteiger partial charge in [0.1, 0.15) is 5.75 Å². The molecule has 2 unspecified atom stereocenters. The lowest BCUT2D eigenvalue weighted by molar-refractivity contribution is 0.332. The highest BCUT2D eigenvalue weighted by atomic mass is 79.9. The summed E-state index contributed by atoms with van der Waals surface area (Å²) in [7, 11) is 0. The van der Waals surface area contributed by atoms with Crippen LogP contribution >= 0.6 is 31.9 Å². The summed E-state index contributed by atoms with van der Waals surface area (Å²) in [5.41, 5.74) is 1.26. The van der Waals surface area contributed by atoms with Gasteiger partial charge in [0.2, 0.25) is 0 Å². The third-order valence-electron chi connectivity index (χ3n) is 3.44. The second kappa shape index (κ2) is 9.02. The third kappa shape index (κ3) is 5.11. The Morgan fingerprint density at radius 3 is 2.53 bits per heavy atom. The molecule has 3 heteroatoms. The number of halogens is 2. The van der Waals surface area contributed by atoms with Crippen LogP contribution < -0.4 is 4.74 Å². The highest BCUT2D eigenvalue weighted by Crippen LogP contribution is 2.41. The first-order valence-corrected chi connectivity index (χ1v) is 8.91. The summed E-state index contributed by atoms with van der Waals surface area (Å²) in [6.07, 6.45) is 5.00. The van der Waals surface area contributed by atoms with Crippen LogP contribution in [-0.2, 0) is 0 Å². The fourth-order valence-electron chi connectivity index (χ4n) is 2.30. The summed E-state index contributed by atoms with van der Waals surface area (Å²) in [6, 6.07) is 6.28. The van der Waals surface area contributed by atoms with Crippen molar-refractivity contribution >= 4 is 31.9 Å². The molecule has 0 aliphatic rings. The lowest BCUT2D eigenvalue weighted by atomic mass is 9.91. The monoisotopic (exact) mass is 390 g/mol.